The van der Waals surface area contributed by atoms with Crippen molar-refractivity contribution in [1.82, 2.24) is 4.57 Å². The second-order valence-corrected chi connectivity index (χ2v) is 4.28. The smallest absolute Gasteiger partial charge is 0.352 e. The summed E-state index contributed by atoms with van der Waals surface area (Å²) in [6, 6.07) is 2.64. The molecule has 0 amide bonds. The van der Waals surface area contributed by atoms with Gasteiger partial charge >= 0.3 is 5.97 Å². The van der Waals surface area contributed by atoms with Crippen molar-refractivity contribution in [2.75, 3.05) is 0 Å². The maximum absolute atomic E-state index is 13.7. The molecule has 0 unspecified atom stereocenters. The van der Waals surface area contributed by atoms with Gasteiger partial charge in [-0.05, 0) is 12.1 Å². The van der Waals surface area contributed by atoms with Crippen molar-refractivity contribution in [3.63, 3.8) is 0 Å². The van der Waals surface area contributed by atoms with E-state index in [1.165, 1.54) is 6.20 Å². The summed E-state index contributed by atoms with van der Waals surface area (Å²) >= 11 is 11.4. The highest BCUT2D eigenvalue weighted by Crippen LogP contribution is 2.28. The fourth-order valence-corrected chi connectivity index (χ4v) is 2.03. The van der Waals surface area contributed by atoms with Gasteiger partial charge in [-0.2, -0.15) is 0 Å². The van der Waals surface area contributed by atoms with Crippen LogP contribution in [-0.4, -0.2) is 15.6 Å². The Morgan fingerprint density at radius 1 is 1.22 bits per heavy atom. The third-order valence-electron chi connectivity index (χ3n) is 2.23. The average Bonchev–Trinajstić information content (AvgIpc) is 2.58. The lowest BCUT2D eigenvalue weighted by molar-refractivity contribution is 0.0688. The number of benzene rings is 1. The Morgan fingerprint density at radius 2 is 1.89 bits per heavy atom. The Labute approximate surface area is 110 Å². The van der Waals surface area contributed by atoms with Crippen molar-refractivity contribution in [2.24, 2.45) is 0 Å². The summed E-state index contributed by atoms with van der Waals surface area (Å²) in [5.74, 6) is -3.13. The lowest BCUT2D eigenvalue weighted by Crippen LogP contribution is -2.08. The van der Waals surface area contributed by atoms with Gasteiger partial charge in [-0.15, -0.1) is 0 Å². The molecular formula is C11H5Cl2F2NO2. The van der Waals surface area contributed by atoms with E-state index in [9.17, 15) is 13.6 Å². The molecule has 1 N–H and O–H groups in total. The van der Waals surface area contributed by atoms with Gasteiger partial charge in [0.25, 0.3) is 0 Å². The molecule has 2 aromatic rings. The fourth-order valence-electron chi connectivity index (χ4n) is 1.54. The van der Waals surface area contributed by atoms with Gasteiger partial charge in [-0.3, -0.25) is 0 Å². The number of carbonyl (C=O) groups is 1. The predicted octanol–water partition coefficient (Wildman–Crippen LogP) is 3.76. The van der Waals surface area contributed by atoms with E-state index in [1.54, 1.807) is 0 Å². The zero-order chi connectivity index (χ0) is 13.4. The van der Waals surface area contributed by atoms with E-state index in [0.717, 1.165) is 16.7 Å². The van der Waals surface area contributed by atoms with Crippen LogP contribution in [0.1, 0.15) is 10.5 Å². The highest BCUT2D eigenvalue weighted by atomic mass is 35.5. The third-order valence-corrected chi connectivity index (χ3v) is 2.72. The van der Waals surface area contributed by atoms with Gasteiger partial charge < -0.3 is 9.67 Å². The maximum Gasteiger partial charge on any atom is 0.352 e. The van der Waals surface area contributed by atoms with E-state index in [4.69, 9.17) is 28.3 Å². The average molecular weight is 292 g/mol. The highest BCUT2D eigenvalue weighted by Gasteiger charge is 2.19. The zero-order valence-corrected chi connectivity index (χ0v) is 10.1. The van der Waals surface area contributed by atoms with Crippen molar-refractivity contribution < 1.29 is 18.7 Å². The molecule has 1 aromatic heterocycles. The Hall–Kier alpha value is -1.59. The normalized spacial score (nSPS) is 10.7. The minimum absolute atomic E-state index is 0.104. The van der Waals surface area contributed by atoms with Gasteiger partial charge in [0.05, 0.1) is 10.0 Å². The number of aromatic nitrogens is 1. The molecule has 18 heavy (non-hydrogen) atoms. The predicted molar refractivity (Wildman–Crippen MR) is 62.7 cm³/mol. The van der Waals surface area contributed by atoms with E-state index in [0.29, 0.717) is 6.07 Å². The molecule has 0 aliphatic rings. The summed E-state index contributed by atoms with van der Waals surface area (Å²) in [5, 5.41) is 8.81. The van der Waals surface area contributed by atoms with Crippen LogP contribution in [0, 0.1) is 11.6 Å². The Balaban J connectivity index is 2.73. The molecule has 7 heteroatoms. The topological polar surface area (TPSA) is 42.2 Å². The summed E-state index contributed by atoms with van der Waals surface area (Å²) in [7, 11) is 0. The molecule has 0 radical (unpaired) electrons. The van der Waals surface area contributed by atoms with Crippen LogP contribution in [0.15, 0.2) is 24.4 Å². The lowest BCUT2D eigenvalue weighted by atomic mass is 10.2. The first kappa shape index (κ1) is 12.9. The van der Waals surface area contributed by atoms with Crippen LogP contribution in [0.2, 0.25) is 10.0 Å². The monoisotopic (exact) mass is 291 g/mol. The molecule has 1 heterocycles. The number of hydrogen-bond donors (Lipinski definition) is 1. The summed E-state index contributed by atoms with van der Waals surface area (Å²) in [6.45, 7) is 0. The summed E-state index contributed by atoms with van der Waals surface area (Å²) in [6.07, 6.45) is 1.19. The Kier molecular flexibility index (Phi) is 3.28. The SMILES string of the molecule is O=C(O)c1cc(Cl)cn1-c1c(F)cc(F)cc1Cl. The molecule has 3 nitrogen and oxygen atoms in total. The molecule has 0 spiro atoms. The molecule has 0 bridgehead atoms. The minimum Gasteiger partial charge on any atom is -0.477 e. The summed E-state index contributed by atoms with van der Waals surface area (Å²) < 4.78 is 27.5. The van der Waals surface area contributed by atoms with Crippen LogP contribution in [0.4, 0.5) is 8.78 Å². The molecule has 2 rings (SSSR count). The standard InChI is InChI=1S/C11H5Cl2F2NO2/c12-5-1-9(11(17)18)16(4-5)10-7(13)2-6(14)3-8(10)15/h1-4H,(H,17,18). The minimum atomic E-state index is -1.30. The number of carboxylic acids is 1. The van der Waals surface area contributed by atoms with Gasteiger partial charge in [-0.1, -0.05) is 23.2 Å². The van der Waals surface area contributed by atoms with Crippen LogP contribution in [-0.2, 0) is 0 Å². The van der Waals surface area contributed by atoms with E-state index in [-0.39, 0.29) is 21.4 Å². The first-order valence-electron chi connectivity index (χ1n) is 4.66. The van der Waals surface area contributed by atoms with E-state index in [1.807, 2.05) is 0 Å². The van der Waals surface area contributed by atoms with Crippen molar-refractivity contribution in [3.8, 4) is 5.69 Å². The molecule has 1 aromatic carbocycles. The molecule has 94 valence electrons. The molecular weight excluding hydrogens is 287 g/mol. The van der Waals surface area contributed by atoms with Gasteiger partial charge in [0, 0.05) is 12.3 Å². The van der Waals surface area contributed by atoms with Crippen LogP contribution < -0.4 is 0 Å². The van der Waals surface area contributed by atoms with Crippen LogP contribution in [0.3, 0.4) is 0 Å². The first-order valence-corrected chi connectivity index (χ1v) is 5.42. The lowest BCUT2D eigenvalue weighted by Gasteiger charge is -2.09. The van der Waals surface area contributed by atoms with E-state index >= 15 is 0 Å². The van der Waals surface area contributed by atoms with Gasteiger partial charge in [0.15, 0.2) is 5.82 Å². The van der Waals surface area contributed by atoms with E-state index < -0.39 is 17.6 Å². The van der Waals surface area contributed by atoms with Gasteiger partial charge in [0.2, 0.25) is 0 Å². The molecule has 0 fully saturated rings. The van der Waals surface area contributed by atoms with Crippen molar-refractivity contribution >= 4 is 29.2 Å². The fraction of sp³-hybridized carbons (Fsp3) is 0. The second kappa shape index (κ2) is 4.59. The third kappa shape index (κ3) is 2.19. The van der Waals surface area contributed by atoms with Crippen LogP contribution in [0.5, 0.6) is 0 Å². The number of carboxylic acid groups (broad SMARTS) is 1. The molecule has 0 saturated carbocycles. The Bertz CT molecular complexity index is 617. The van der Waals surface area contributed by atoms with Crippen molar-refractivity contribution in [1.29, 1.82) is 0 Å². The molecule has 0 aliphatic carbocycles. The van der Waals surface area contributed by atoms with Crippen LogP contribution in [0.25, 0.3) is 5.69 Å². The molecule has 0 atom stereocenters. The van der Waals surface area contributed by atoms with Crippen molar-refractivity contribution in [2.45, 2.75) is 0 Å². The quantitative estimate of drug-likeness (QED) is 0.915. The van der Waals surface area contributed by atoms with Crippen molar-refractivity contribution in [3.05, 3.63) is 51.8 Å². The maximum atomic E-state index is 13.7. The summed E-state index contributed by atoms with van der Waals surface area (Å²) in [5.41, 5.74) is -0.533. The molecule has 0 saturated heterocycles. The van der Waals surface area contributed by atoms with Gasteiger partial charge in [-0.25, -0.2) is 13.6 Å². The zero-order valence-electron chi connectivity index (χ0n) is 8.62. The summed E-state index contributed by atoms with van der Waals surface area (Å²) in [4.78, 5) is 11.0. The van der Waals surface area contributed by atoms with E-state index in [2.05, 4.69) is 0 Å². The highest BCUT2D eigenvalue weighted by molar-refractivity contribution is 6.33. The number of rotatable bonds is 2. The number of aromatic carboxylic acids is 1. The van der Waals surface area contributed by atoms with Gasteiger partial charge in [0.1, 0.15) is 17.2 Å². The first-order chi connectivity index (χ1) is 8.40. The van der Waals surface area contributed by atoms with Crippen LogP contribution >= 0.6 is 23.2 Å². The molecule has 0 aliphatic heterocycles. The number of nitrogens with zero attached hydrogens (tertiary/aromatic N) is 1. The second-order valence-electron chi connectivity index (χ2n) is 3.44. The largest absolute Gasteiger partial charge is 0.477 e. The number of halogens is 4. The number of hydrogen-bond acceptors (Lipinski definition) is 1. The Morgan fingerprint density at radius 3 is 2.44 bits per heavy atom.